The third-order valence-corrected chi connectivity index (χ3v) is 4.20. The minimum absolute atomic E-state index is 0.268. The first kappa shape index (κ1) is 17.3. The Kier molecular flexibility index (Phi) is 4.68. The molecule has 0 unspecified atom stereocenters. The predicted octanol–water partition coefficient (Wildman–Crippen LogP) is 4.17. The highest BCUT2D eigenvalue weighted by Crippen LogP contribution is 2.24. The summed E-state index contributed by atoms with van der Waals surface area (Å²) in [6.45, 7) is 0. The zero-order valence-electron chi connectivity index (χ0n) is 14.9. The summed E-state index contributed by atoms with van der Waals surface area (Å²) in [5.74, 6) is 2.30. The standard InChI is InChI=1S/C23H16N4O/c1-2-17-8-6-10-19(14-17)25-23(28)21-16-27(20-11-4-3-5-12-20)26-22(21)18-9-7-13-24-15-18/h1,3-16H,(H,25,28). The van der Waals surface area contributed by atoms with Gasteiger partial charge in [0.25, 0.3) is 5.91 Å². The number of pyridine rings is 1. The van der Waals surface area contributed by atoms with Gasteiger partial charge in [0.2, 0.25) is 0 Å². The molecule has 0 saturated heterocycles. The minimum Gasteiger partial charge on any atom is -0.322 e. The van der Waals surface area contributed by atoms with Crippen LogP contribution in [-0.2, 0) is 0 Å². The summed E-state index contributed by atoms with van der Waals surface area (Å²) in [5, 5.41) is 7.53. The monoisotopic (exact) mass is 364 g/mol. The summed E-state index contributed by atoms with van der Waals surface area (Å²) < 4.78 is 1.69. The van der Waals surface area contributed by atoms with Gasteiger partial charge in [-0.2, -0.15) is 5.10 Å². The lowest BCUT2D eigenvalue weighted by Crippen LogP contribution is -2.12. The average Bonchev–Trinajstić information content (AvgIpc) is 3.21. The zero-order valence-corrected chi connectivity index (χ0v) is 14.9. The highest BCUT2D eigenvalue weighted by Gasteiger charge is 2.19. The van der Waals surface area contributed by atoms with Crippen LogP contribution in [0.4, 0.5) is 5.69 Å². The molecule has 0 fully saturated rings. The van der Waals surface area contributed by atoms with Gasteiger partial charge in [-0.25, -0.2) is 4.68 Å². The number of rotatable bonds is 4. The number of para-hydroxylation sites is 1. The van der Waals surface area contributed by atoms with Crippen molar-refractivity contribution < 1.29 is 4.79 Å². The second-order valence-corrected chi connectivity index (χ2v) is 6.09. The molecule has 0 bridgehead atoms. The maximum Gasteiger partial charge on any atom is 0.259 e. The number of nitrogens with one attached hydrogen (secondary N) is 1. The molecule has 4 rings (SSSR count). The van der Waals surface area contributed by atoms with Gasteiger partial charge >= 0.3 is 0 Å². The van der Waals surface area contributed by atoms with Crippen molar-refractivity contribution in [3.63, 3.8) is 0 Å². The van der Waals surface area contributed by atoms with Crippen LogP contribution < -0.4 is 5.32 Å². The first-order valence-corrected chi connectivity index (χ1v) is 8.68. The van der Waals surface area contributed by atoms with Crippen LogP contribution in [0, 0.1) is 12.3 Å². The van der Waals surface area contributed by atoms with E-state index in [0.717, 1.165) is 11.3 Å². The van der Waals surface area contributed by atoms with Crippen LogP contribution in [0.2, 0.25) is 0 Å². The maximum absolute atomic E-state index is 13.0. The molecule has 134 valence electrons. The number of terminal acetylenes is 1. The van der Waals surface area contributed by atoms with E-state index in [1.54, 1.807) is 41.5 Å². The fraction of sp³-hybridized carbons (Fsp3) is 0. The van der Waals surface area contributed by atoms with Gasteiger partial charge in [0.1, 0.15) is 5.69 Å². The van der Waals surface area contributed by atoms with E-state index >= 15 is 0 Å². The van der Waals surface area contributed by atoms with Gasteiger partial charge in [-0.3, -0.25) is 9.78 Å². The highest BCUT2D eigenvalue weighted by atomic mass is 16.1. The van der Waals surface area contributed by atoms with E-state index in [2.05, 4.69) is 21.3 Å². The van der Waals surface area contributed by atoms with Gasteiger partial charge < -0.3 is 5.32 Å². The number of nitrogens with zero attached hydrogens (tertiary/aromatic N) is 3. The summed E-state index contributed by atoms with van der Waals surface area (Å²) in [6, 6.07) is 20.5. The van der Waals surface area contributed by atoms with Gasteiger partial charge in [-0.15, -0.1) is 6.42 Å². The Morgan fingerprint density at radius 3 is 2.64 bits per heavy atom. The Hall–Kier alpha value is -4.17. The number of benzene rings is 2. The first-order valence-electron chi connectivity index (χ1n) is 8.68. The average molecular weight is 364 g/mol. The van der Waals surface area contributed by atoms with E-state index in [0.29, 0.717) is 22.5 Å². The number of carbonyl (C=O) groups is 1. The van der Waals surface area contributed by atoms with Crippen LogP contribution in [0.15, 0.2) is 85.3 Å². The lowest BCUT2D eigenvalue weighted by Gasteiger charge is -2.06. The van der Waals surface area contributed by atoms with Crippen LogP contribution in [-0.4, -0.2) is 20.7 Å². The van der Waals surface area contributed by atoms with Crippen LogP contribution in [0.3, 0.4) is 0 Å². The van der Waals surface area contributed by atoms with Crippen molar-refractivity contribution >= 4 is 11.6 Å². The molecule has 2 aromatic carbocycles. The third-order valence-electron chi connectivity index (χ3n) is 4.20. The van der Waals surface area contributed by atoms with Gasteiger partial charge in [-0.1, -0.05) is 30.2 Å². The molecule has 0 radical (unpaired) electrons. The van der Waals surface area contributed by atoms with Crippen molar-refractivity contribution in [3.8, 4) is 29.3 Å². The van der Waals surface area contributed by atoms with Crippen molar-refractivity contribution in [1.29, 1.82) is 0 Å². The molecular formula is C23H16N4O. The SMILES string of the molecule is C#Cc1cccc(NC(=O)c2cn(-c3ccccc3)nc2-c2cccnc2)c1. The Balaban J connectivity index is 1.75. The first-order chi connectivity index (χ1) is 13.7. The number of carbonyl (C=O) groups excluding carboxylic acids is 1. The van der Waals surface area contributed by atoms with E-state index in [9.17, 15) is 4.79 Å². The molecule has 4 aromatic rings. The smallest absolute Gasteiger partial charge is 0.259 e. The van der Waals surface area contributed by atoms with Crippen molar-refractivity contribution in [2.45, 2.75) is 0 Å². The largest absolute Gasteiger partial charge is 0.322 e. The fourth-order valence-electron chi connectivity index (χ4n) is 2.85. The quantitative estimate of drug-likeness (QED) is 0.553. The fourth-order valence-corrected chi connectivity index (χ4v) is 2.85. The van der Waals surface area contributed by atoms with Crippen LogP contribution >= 0.6 is 0 Å². The molecule has 0 atom stereocenters. The Bertz CT molecular complexity index is 1160. The molecular weight excluding hydrogens is 348 g/mol. The number of anilines is 1. The number of aromatic nitrogens is 3. The van der Waals surface area contributed by atoms with Crippen LogP contribution in [0.1, 0.15) is 15.9 Å². The molecule has 0 spiro atoms. The summed E-state index contributed by atoms with van der Waals surface area (Å²) in [6.07, 6.45) is 10.5. The van der Waals surface area contributed by atoms with Crippen molar-refractivity contribution in [2.24, 2.45) is 0 Å². The van der Waals surface area contributed by atoms with Gasteiger partial charge in [0.05, 0.1) is 11.3 Å². The lowest BCUT2D eigenvalue weighted by molar-refractivity contribution is 0.102. The van der Waals surface area contributed by atoms with Crippen molar-refractivity contribution in [3.05, 3.63) is 96.4 Å². The lowest BCUT2D eigenvalue weighted by atomic mass is 10.1. The Labute approximate surface area is 162 Å². The van der Waals surface area contributed by atoms with Crippen molar-refractivity contribution in [1.82, 2.24) is 14.8 Å². The zero-order chi connectivity index (χ0) is 19.3. The molecule has 0 aliphatic heterocycles. The normalized spacial score (nSPS) is 10.2. The van der Waals surface area contributed by atoms with Gasteiger partial charge in [0, 0.05) is 35.4 Å². The van der Waals surface area contributed by atoms with Crippen LogP contribution in [0.5, 0.6) is 0 Å². The molecule has 1 amide bonds. The molecule has 5 heteroatoms. The molecule has 0 aliphatic rings. The third kappa shape index (κ3) is 3.53. The van der Waals surface area contributed by atoms with E-state index in [-0.39, 0.29) is 5.91 Å². The van der Waals surface area contributed by atoms with Crippen LogP contribution in [0.25, 0.3) is 16.9 Å². The summed E-state index contributed by atoms with van der Waals surface area (Å²) in [5.41, 5.74) is 3.96. The summed E-state index contributed by atoms with van der Waals surface area (Å²) >= 11 is 0. The Morgan fingerprint density at radius 1 is 1.04 bits per heavy atom. The Morgan fingerprint density at radius 2 is 1.89 bits per heavy atom. The van der Waals surface area contributed by atoms with E-state index in [1.165, 1.54) is 0 Å². The van der Waals surface area contributed by atoms with Gasteiger partial charge in [-0.05, 0) is 42.5 Å². The molecule has 2 heterocycles. The molecule has 1 N–H and O–H groups in total. The molecule has 28 heavy (non-hydrogen) atoms. The topological polar surface area (TPSA) is 59.8 Å². The van der Waals surface area contributed by atoms with E-state index < -0.39 is 0 Å². The second kappa shape index (κ2) is 7.60. The summed E-state index contributed by atoms with van der Waals surface area (Å²) in [4.78, 5) is 17.2. The molecule has 0 saturated carbocycles. The van der Waals surface area contributed by atoms with Crippen molar-refractivity contribution in [2.75, 3.05) is 5.32 Å². The summed E-state index contributed by atoms with van der Waals surface area (Å²) in [7, 11) is 0. The van der Waals surface area contributed by atoms with Gasteiger partial charge in [0.15, 0.2) is 0 Å². The minimum atomic E-state index is -0.268. The number of hydrogen-bond acceptors (Lipinski definition) is 3. The van der Waals surface area contributed by atoms with E-state index in [4.69, 9.17) is 6.42 Å². The highest BCUT2D eigenvalue weighted by molar-refractivity contribution is 6.08. The predicted molar refractivity (Wildman–Crippen MR) is 109 cm³/mol. The molecule has 5 nitrogen and oxygen atoms in total. The van der Waals surface area contributed by atoms with E-state index in [1.807, 2.05) is 48.5 Å². The second-order valence-electron chi connectivity index (χ2n) is 6.09. The maximum atomic E-state index is 13.0. The molecule has 0 aliphatic carbocycles. The molecule has 2 aromatic heterocycles. The number of amides is 1. The number of hydrogen-bond donors (Lipinski definition) is 1.